The first-order chi connectivity index (χ1) is 4.79. The number of hydrogen-bond donors (Lipinski definition) is 1. The Kier molecular flexibility index (Phi) is 1.08. The van der Waals surface area contributed by atoms with Crippen molar-refractivity contribution in [2.45, 2.75) is 32.2 Å². The van der Waals surface area contributed by atoms with Crippen molar-refractivity contribution in [3.05, 3.63) is 0 Å². The molecule has 0 aromatic rings. The van der Waals surface area contributed by atoms with Gasteiger partial charge in [0.05, 0.1) is 0 Å². The molecular weight excluding hydrogens is 124 g/mol. The molecule has 2 aliphatic heterocycles. The first-order valence-electron chi connectivity index (χ1n) is 4.14. The average molecular weight is 138 g/mol. The Morgan fingerprint density at radius 3 is 2.90 bits per heavy atom. The second kappa shape index (κ2) is 1.74. The average Bonchev–Trinajstić information content (AvgIpc) is 2.37. The molecule has 0 aromatic heterocycles. The van der Waals surface area contributed by atoms with Crippen molar-refractivity contribution in [2.24, 2.45) is 10.9 Å². The molecule has 0 aliphatic carbocycles. The van der Waals surface area contributed by atoms with Gasteiger partial charge in [0.1, 0.15) is 11.4 Å². The number of nitrogens with one attached hydrogen (secondary N) is 1. The Balaban J connectivity index is 1.89. The maximum Gasteiger partial charge on any atom is 0.139 e. The van der Waals surface area contributed by atoms with Crippen molar-refractivity contribution in [3.63, 3.8) is 0 Å². The molecule has 0 saturated carbocycles. The summed E-state index contributed by atoms with van der Waals surface area (Å²) in [5, 5.41) is 3.21. The van der Waals surface area contributed by atoms with Gasteiger partial charge in [-0.2, -0.15) is 0 Å². The molecule has 0 spiro atoms. The van der Waals surface area contributed by atoms with E-state index < -0.39 is 0 Å². The second-order valence-corrected chi connectivity index (χ2v) is 3.43. The van der Waals surface area contributed by atoms with Gasteiger partial charge in [-0.05, 0) is 12.3 Å². The third-order valence-electron chi connectivity index (χ3n) is 2.73. The molecule has 2 rings (SSSR count). The summed E-state index contributed by atoms with van der Waals surface area (Å²) in [6.45, 7) is 5.64. The van der Waals surface area contributed by atoms with Crippen LogP contribution in [-0.2, 0) is 0 Å². The van der Waals surface area contributed by atoms with Crippen LogP contribution in [0.1, 0.15) is 26.7 Å². The van der Waals surface area contributed by atoms with Gasteiger partial charge in [0.25, 0.3) is 0 Å². The van der Waals surface area contributed by atoms with Gasteiger partial charge in [-0.3, -0.25) is 4.99 Å². The highest BCUT2D eigenvalue weighted by Crippen LogP contribution is 2.42. The van der Waals surface area contributed by atoms with Crippen LogP contribution in [0.2, 0.25) is 0 Å². The number of rotatable bonds is 3. The summed E-state index contributed by atoms with van der Waals surface area (Å²) >= 11 is 0. The van der Waals surface area contributed by atoms with Crippen LogP contribution in [0.3, 0.4) is 0 Å². The van der Waals surface area contributed by atoms with E-state index in [9.17, 15) is 0 Å². The fraction of sp³-hybridized carbons (Fsp3) is 0.875. The lowest BCUT2D eigenvalue weighted by Gasteiger charge is -2.29. The quantitative estimate of drug-likeness (QED) is 0.622. The predicted octanol–water partition coefficient (Wildman–Crippen LogP) is 1.18. The second-order valence-electron chi connectivity index (χ2n) is 3.43. The number of hydrogen-bond acceptors (Lipinski definition) is 2. The Bertz CT molecular complexity index is 186. The molecular formula is C8H14N2. The van der Waals surface area contributed by atoms with Gasteiger partial charge >= 0.3 is 0 Å². The topological polar surface area (TPSA) is 24.4 Å². The van der Waals surface area contributed by atoms with E-state index in [2.05, 4.69) is 24.2 Å². The lowest BCUT2D eigenvalue weighted by molar-refractivity contribution is 0.375. The Morgan fingerprint density at radius 1 is 1.80 bits per heavy atom. The molecule has 1 fully saturated rings. The normalized spacial score (nSPS) is 36.8. The molecule has 56 valence electrons. The minimum absolute atomic E-state index is 0.329. The zero-order valence-corrected chi connectivity index (χ0v) is 6.65. The third kappa shape index (κ3) is 0.568. The van der Waals surface area contributed by atoms with Crippen molar-refractivity contribution in [3.8, 4) is 0 Å². The highest BCUT2D eigenvalue weighted by molar-refractivity contribution is 6.09. The van der Waals surface area contributed by atoms with E-state index in [0.717, 1.165) is 12.5 Å². The van der Waals surface area contributed by atoms with Gasteiger partial charge < -0.3 is 5.32 Å². The molecule has 2 heterocycles. The van der Waals surface area contributed by atoms with E-state index in [1.807, 2.05) is 0 Å². The molecule has 0 radical (unpaired) electrons. The molecule has 1 unspecified atom stereocenters. The van der Waals surface area contributed by atoms with Gasteiger partial charge in [0.2, 0.25) is 0 Å². The van der Waals surface area contributed by atoms with Crippen LogP contribution in [0.5, 0.6) is 0 Å². The Hall–Kier alpha value is -0.530. The van der Waals surface area contributed by atoms with E-state index in [0.29, 0.717) is 5.54 Å². The zero-order chi connectivity index (χ0) is 7.19. The lowest BCUT2D eigenvalue weighted by Crippen LogP contribution is -2.53. The predicted molar refractivity (Wildman–Crippen MR) is 42.2 cm³/mol. The molecule has 2 nitrogen and oxygen atoms in total. The minimum atomic E-state index is 0.329. The lowest BCUT2D eigenvalue weighted by atomic mass is 9.83. The van der Waals surface area contributed by atoms with Crippen molar-refractivity contribution in [1.82, 2.24) is 5.32 Å². The summed E-state index contributed by atoms with van der Waals surface area (Å²) in [5.74, 6) is 2.04. The largest absolute Gasteiger partial charge is 0.369 e. The molecule has 0 amide bonds. The van der Waals surface area contributed by atoms with E-state index in [4.69, 9.17) is 0 Å². The monoisotopic (exact) mass is 138 g/mol. The third-order valence-corrected chi connectivity index (χ3v) is 2.73. The minimum Gasteiger partial charge on any atom is -0.369 e. The summed E-state index contributed by atoms with van der Waals surface area (Å²) in [6, 6.07) is 0. The molecule has 1 N–H and O–H groups in total. The van der Waals surface area contributed by atoms with E-state index in [1.54, 1.807) is 0 Å². The van der Waals surface area contributed by atoms with Gasteiger partial charge in [-0.15, -0.1) is 0 Å². The number of amidine groups is 1. The maximum absolute atomic E-state index is 4.42. The van der Waals surface area contributed by atoms with E-state index in [-0.39, 0.29) is 0 Å². The zero-order valence-electron chi connectivity index (χ0n) is 6.65. The van der Waals surface area contributed by atoms with Crippen LogP contribution in [0, 0.1) is 5.92 Å². The molecule has 2 atom stereocenters. The van der Waals surface area contributed by atoms with Gasteiger partial charge in [0.15, 0.2) is 0 Å². The molecule has 1 saturated heterocycles. The van der Waals surface area contributed by atoms with E-state index in [1.165, 1.54) is 18.7 Å². The Labute approximate surface area is 61.7 Å². The summed E-state index contributed by atoms with van der Waals surface area (Å²) in [5.41, 5.74) is 0.329. The molecule has 10 heavy (non-hydrogen) atoms. The molecule has 2 heteroatoms. The van der Waals surface area contributed by atoms with Crippen LogP contribution in [0.15, 0.2) is 4.99 Å². The van der Waals surface area contributed by atoms with Gasteiger partial charge in [-0.25, -0.2) is 0 Å². The van der Waals surface area contributed by atoms with Crippen LogP contribution in [0.4, 0.5) is 0 Å². The van der Waals surface area contributed by atoms with Crippen molar-refractivity contribution in [1.29, 1.82) is 0 Å². The number of nitrogens with zero attached hydrogens (tertiary/aromatic N) is 1. The summed E-state index contributed by atoms with van der Waals surface area (Å²) in [6.07, 6.45) is 2.60. The highest BCUT2D eigenvalue weighted by atomic mass is 15.3. The van der Waals surface area contributed by atoms with Crippen molar-refractivity contribution < 1.29 is 0 Å². The summed E-state index contributed by atoms with van der Waals surface area (Å²) in [7, 11) is 0. The van der Waals surface area contributed by atoms with Crippen LogP contribution < -0.4 is 5.32 Å². The van der Waals surface area contributed by atoms with Crippen LogP contribution in [0.25, 0.3) is 0 Å². The van der Waals surface area contributed by atoms with Crippen LogP contribution >= 0.6 is 0 Å². The SMILES string of the molecule is CCCC(C)[C@]12CNC1=N2. The standard InChI is InChI=1S/C8H14N2/c1-3-4-6(2)8-5-9-7(8)10-8/h6H,3-5H2,1-2H3,(H,9,10)/t6?,8-/m1/s1. The first kappa shape index (κ1) is 6.20. The first-order valence-corrected chi connectivity index (χ1v) is 4.14. The molecule has 0 bridgehead atoms. The fourth-order valence-corrected chi connectivity index (χ4v) is 1.79. The smallest absolute Gasteiger partial charge is 0.139 e. The number of aliphatic imine (C=N–C) groups is 1. The maximum atomic E-state index is 4.42. The van der Waals surface area contributed by atoms with E-state index >= 15 is 0 Å². The van der Waals surface area contributed by atoms with Crippen molar-refractivity contribution >= 4 is 5.84 Å². The van der Waals surface area contributed by atoms with Crippen LogP contribution in [-0.4, -0.2) is 17.9 Å². The van der Waals surface area contributed by atoms with Crippen molar-refractivity contribution in [2.75, 3.05) is 6.54 Å². The molecule has 2 aliphatic rings. The summed E-state index contributed by atoms with van der Waals surface area (Å²) < 4.78 is 0. The fourth-order valence-electron chi connectivity index (χ4n) is 1.79. The van der Waals surface area contributed by atoms with Gasteiger partial charge in [-0.1, -0.05) is 20.3 Å². The van der Waals surface area contributed by atoms with Gasteiger partial charge in [0, 0.05) is 6.54 Å². The Morgan fingerprint density at radius 2 is 2.60 bits per heavy atom. The summed E-state index contributed by atoms with van der Waals surface area (Å²) in [4.78, 5) is 4.42. The molecule has 0 aromatic carbocycles. The number of fused-ring (bicyclic) bond motifs is 1. The highest BCUT2D eigenvalue weighted by Gasteiger charge is 2.58.